The van der Waals surface area contributed by atoms with Crippen molar-refractivity contribution < 1.29 is 17.9 Å². The molecule has 0 atom stereocenters. The number of hydrogen-bond acceptors (Lipinski definition) is 4. The molecule has 1 aromatic rings. The van der Waals surface area contributed by atoms with Gasteiger partial charge in [-0.25, -0.2) is 8.42 Å². The summed E-state index contributed by atoms with van der Waals surface area (Å²) in [6.45, 7) is 6.40. The molecule has 0 fully saturated rings. The number of hydrogen-bond donors (Lipinski definition) is 1. The molecule has 0 heterocycles. The van der Waals surface area contributed by atoms with Gasteiger partial charge in [-0.05, 0) is 37.5 Å². The van der Waals surface area contributed by atoms with Gasteiger partial charge in [0.2, 0.25) is 15.9 Å². The first-order chi connectivity index (χ1) is 10.8. The van der Waals surface area contributed by atoms with E-state index < -0.39 is 10.0 Å². The molecule has 0 aliphatic heterocycles. The maximum atomic E-state index is 12.8. The number of rotatable bonds is 9. The Morgan fingerprint density at radius 3 is 2.61 bits per heavy atom. The summed E-state index contributed by atoms with van der Waals surface area (Å²) in [4.78, 5) is 12.2. The van der Waals surface area contributed by atoms with Crippen LogP contribution < -0.4 is 5.32 Å². The van der Waals surface area contributed by atoms with Crippen LogP contribution in [0.5, 0.6) is 0 Å². The summed E-state index contributed by atoms with van der Waals surface area (Å²) >= 11 is 0. The van der Waals surface area contributed by atoms with Crippen LogP contribution in [0, 0.1) is 13.8 Å². The second-order valence-electron chi connectivity index (χ2n) is 5.40. The number of nitrogens with one attached hydrogen (secondary N) is 1. The number of sulfonamides is 1. The smallest absolute Gasteiger partial charge is 0.243 e. The highest BCUT2D eigenvalue weighted by Gasteiger charge is 2.26. The van der Waals surface area contributed by atoms with Gasteiger partial charge in [-0.2, -0.15) is 4.31 Å². The number of carbonyl (C=O) groups excluding carboxylic acids is 1. The lowest BCUT2D eigenvalue weighted by Crippen LogP contribution is -2.41. The van der Waals surface area contributed by atoms with Gasteiger partial charge in [0.05, 0.1) is 11.4 Å². The normalized spacial score (nSPS) is 11.7. The summed E-state index contributed by atoms with van der Waals surface area (Å²) in [6, 6.07) is 5.29. The van der Waals surface area contributed by atoms with Crippen molar-refractivity contribution in [3.05, 3.63) is 29.3 Å². The molecule has 0 unspecified atom stereocenters. The molecule has 23 heavy (non-hydrogen) atoms. The standard InChI is InChI=1S/C16H26N2O4S/c1-5-18(12-16(19)17-9-6-10-22-4)23(20,21)15-11-13(2)7-8-14(15)3/h7-8,11H,5-6,9-10,12H2,1-4H3,(H,17,19). The number of likely N-dealkylation sites (N-methyl/N-ethyl adjacent to an activating group) is 1. The Labute approximate surface area is 138 Å². The summed E-state index contributed by atoms with van der Waals surface area (Å²) in [5, 5.41) is 2.71. The Morgan fingerprint density at radius 2 is 2.00 bits per heavy atom. The summed E-state index contributed by atoms with van der Waals surface area (Å²) in [6.07, 6.45) is 0.693. The Hall–Kier alpha value is -1.44. The Morgan fingerprint density at radius 1 is 1.30 bits per heavy atom. The first-order valence-corrected chi connectivity index (χ1v) is 9.10. The Balaban J connectivity index is 2.83. The zero-order valence-electron chi connectivity index (χ0n) is 14.3. The van der Waals surface area contributed by atoms with Gasteiger partial charge in [-0.15, -0.1) is 0 Å². The lowest BCUT2D eigenvalue weighted by atomic mass is 10.2. The molecule has 0 saturated carbocycles. The average Bonchev–Trinajstić information content (AvgIpc) is 2.51. The van der Waals surface area contributed by atoms with Gasteiger partial charge >= 0.3 is 0 Å². The van der Waals surface area contributed by atoms with E-state index in [1.54, 1.807) is 33.1 Å². The third-order valence-electron chi connectivity index (χ3n) is 3.48. The number of methoxy groups -OCH3 is 1. The maximum absolute atomic E-state index is 12.8. The quantitative estimate of drug-likeness (QED) is 0.690. The highest BCUT2D eigenvalue weighted by molar-refractivity contribution is 7.89. The molecular formula is C16H26N2O4S. The minimum Gasteiger partial charge on any atom is -0.385 e. The molecule has 7 heteroatoms. The minimum absolute atomic E-state index is 0.181. The van der Waals surface area contributed by atoms with Gasteiger partial charge in [0.25, 0.3) is 0 Å². The zero-order chi connectivity index (χ0) is 17.5. The summed E-state index contributed by atoms with van der Waals surface area (Å²) in [7, 11) is -2.09. The van der Waals surface area contributed by atoms with Crippen LogP contribution in [0.4, 0.5) is 0 Å². The SMILES string of the molecule is CCN(CC(=O)NCCCOC)S(=O)(=O)c1cc(C)ccc1C. The van der Waals surface area contributed by atoms with Crippen molar-refractivity contribution in [1.29, 1.82) is 0 Å². The van der Waals surface area contributed by atoms with Gasteiger partial charge in [0.1, 0.15) is 0 Å². The number of amides is 1. The first-order valence-electron chi connectivity index (χ1n) is 7.66. The van der Waals surface area contributed by atoms with E-state index in [9.17, 15) is 13.2 Å². The van der Waals surface area contributed by atoms with E-state index in [1.165, 1.54) is 4.31 Å². The van der Waals surface area contributed by atoms with Crippen LogP contribution in [0.25, 0.3) is 0 Å². The molecule has 1 N–H and O–H groups in total. The van der Waals surface area contributed by atoms with Crippen molar-refractivity contribution in [3.8, 4) is 0 Å². The van der Waals surface area contributed by atoms with Gasteiger partial charge in [-0.3, -0.25) is 4.79 Å². The Bertz CT molecular complexity index is 629. The first kappa shape index (κ1) is 19.6. The van der Waals surface area contributed by atoms with Crippen molar-refractivity contribution in [2.24, 2.45) is 0 Å². The largest absolute Gasteiger partial charge is 0.385 e. The molecule has 0 aromatic heterocycles. The van der Waals surface area contributed by atoms with E-state index in [0.29, 0.717) is 25.1 Å². The van der Waals surface area contributed by atoms with Crippen molar-refractivity contribution in [2.45, 2.75) is 32.1 Å². The molecule has 130 valence electrons. The van der Waals surface area contributed by atoms with E-state index in [4.69, 9.17) is 4.74 Å². The summed E-state index contributed by atoms with van der Waals surface area (Å²) in [5.74, 6) is -0.308. The number of benzene rings is 1. The molecule has 1 aromatic carbocycles. The molecule has 0 radical (unpaired) electrons. The van der Waals surface area contributed by atoms with Crippen LogP contribution in [-0.2, 0) is 19.6 Å². The number of ether oxygens (including phenoxy) is 1. The predicted octanol–water partition coefficient (Wildman–Crippen LogP) is 1.47. The lowest BCUT2D eigenvalue weighted by molar-refractivity contribution is -0.121. The van der Waals surface area contributed by atoms with Gasteiger partial charge in [0.15, 0.2) is 0 Å². The van der Waals surface area contributed by atoms with Crippen molar-refractivity contribution in [1.82, 2.24) is 9.62 Å². The minimum atomic E-state index is -3.69. The summed E-state index contributed by atoms with van der Waals surface area (Å²) in [5.41, 5.74) is 1.55. The molecule has 0 aliphatic carbocycles. The fourth-order valence-electron chi connectivity index (χ4n) is 2.15. The molecule has 0 bridgehead atoms. The van der Waals surface area contributed by atoms with E-state index in [2.05, 4.69) is 5.32 Å². The molecular weight excluding hydrogens is 316 g/mol. The lowest BCUT2D eigenvalue weighted by Gasteiger charge is -2.21. The third-order valence-corrected chi connectivity index (χ3v) is 5.54. The van der Waals surface area contributed by atoms with Gasteiger partial charge in [0, 0.05) is 26.8 Å². The van der Waals surface area contributed by atoms with Crippen LogP contribution >= 0.6 is 0 Å². The van der Waals surface area contributed by atoms with Crippen LogP contribution in [0.2, 0.25) is 0 Å². The summed E-state index contributed by atoms with van der Waals surface area (Å²) < 4.78 is 31.6. The van der Waals surface area contributed by atoms with E-state index in [1.807, 2.05) is 13.0 Å². The second kappa shape index (κ2) is 9.00. The number of aryl methyl sites for hydroxylation is 2. The van der Waals surface area contributed by atoms with Crippen LogP contribution in [0.3, 0.4) is 0 Å². The van der Waals surface area contributed by atoms with Crippen LogP contribution in [-0.4, -0.2) is 52.0 Å². The third kappa shape index (κ3) is 5.60. The zero-order valence-corrected chi connectivity index (χ0v) is 15.1. The average molecular weight is 342 g/mol. The van der Waals surface area contributed by atoms with Crippen molar-refractivity contribution in [3.63, 3.8) is 0 Å². The topological polar surface area (TPSA) is 75.7 Å². The highest BCUT2D eigenvalue weighted by Crippen LogP contribution is 2.21. The van der Waals surface area contributed by atoms with Gasteiger partial charge < -0.3 is 10.1 Å². The van der Waals surface area contributed by atoms with Gasteiger partial charge in [-0.1, -0.05) is 19.1 Å². The van der Waals surface area contributed by atoms with Crippen molar-refractivity contribution in [2.75, 3.05) is 33.4 Å². The highest BCUT2D eigenvalue weighted by atomic mass is 32.2. The van der Waals surface area contributed by atoms with Crippen LogP contribution in [0.1, 0.15) is 24.5 Å². The molecule has 1 amide bonds. The monoisotopic (exact) mass is 342 g/mol. The second-order valence-corrected chi connectivity index (χ2v) is 7.30. The fourth-order valence-corrected chi connectivity index (χ4v) is 3.87. The van der Waals surface area contributed by atoms with E-state index >= 15 is 0 Å². The molecule has 0 saturated heterocycles. The predicted molar refractivity (Wildman–Crippen MR) is 89.9 cm³/mol. The van der Waals surface area contributed by atoms with Crippen molar-refractivity contribution >= 4 is 15.9 Å². The molecule has 6 nitrogen and oxygen atoms in total. The number of carbonyl (C=O) groups is 1. The molecule has 0 aliphatic rings. The maximum Gasteiger partial charge on any atom is 0.243 e. The van der Waals surface area contributed by atoms with E-state index in [-0.39, 0.29) is 23.9 Å². The van der Waals surface area contributed by atoms with Crippen LogP contribution in [0.15, 0.2) is 23.1 Å². The van der Waals surface area contributed by atoms with E-state index in [0.717, 1.165) is 5.56 Å². The Kier molecular flexibility index (Phi) is 7.67. The molecule has 1 rings (SSSR count). The number of nitrogens with zero attached hydrogens (tertiary/aromatic N) is 1. The fraction of sp³-hybridized carbons (Fsp3) is 0.562. The molecule has 0 spiro atoms.